The molecule has 0 aliphatic heterocycles. The molecule has 0 aromatic heterocycles. The van der Waals surface area contributed by atoms with Gasteiger partial charge in [0.15, 0.2) is 6.61 Å². The Morgan fingerprint density at radius 2 is 1.83 bits per heavy atom. The number of carbonyl (C=O) groups is 1. The Bertz CT molecular complexity index is 371. The molecule has 1 amide bonds. The zero-order valence-corrected chi connectivity index (χ0v) is 11.7. The summed E-state index contributed by atoms with van der Waals surface area (Å²) < 4.78 is 5.44. The van der Waals surface area contributed by atoms with E-state index in [-0.39, 0.29) is 18.6 Å². The fourth-order valence-electron chi connectivity index (χ4n) is 1.52. The van der Waals surface area contributed by atoms with Crippen molar-refractivity contribution in [1.29, 1.82) is 0 Å². The Morgan fingerprint density at radius 1 is 1.22 bits per heavy atom. The summed E-state index contributed by atoms with van der Waals surface area (Å²) in [6.07, 6.45) is 0.925. The maximum Gasteiger partial charge on any atom is 0.258 e. The van der Waals surface area contributed by atoms with Crippen LogP contribution in [-0.4, -0.2) is 18.6 Å². The number of rotatable bonds is 6. The van der Waals surface area contributed by atoms with Gasteiger partial charge in [0.2, 0.25) is 0 Å². The maximum absolute atomic E-state index is 11.5. The van der Waals surface area contributed by atoms with Gasteiger partial charge >= 0.3 is 0 Å². The molecule has 3 nitrogen and oxygen atoms in total. The average molecular weight is 249 g/mol. The first-order valence-electron chi connectivity index (χ1n) is 6.55. The molecule has 100 valence electrons. The highest BCUT2D eigenvalue weighted by Crippen LogP contribution is 2.18. The van der Waals surface area contributed by atoms with Crippen molar-refractivity contribution in [2.45, 2.75) is 46.1 Å². The summed E-state index contributed by atoms with van der Waals surface area (Å²) in [6, 6.07) is 8.08. The highest BCUT2D eigenvalue weighted by atomic mass is 16.5. The lowest BCUT2D eigenvalue weighted by Crippen LogP contribution is -2.35. The van der Waals surface area contributed by atoms with Gasteiger partial charge in [-0.25, -0.2) is 0 Å². The van der Waals surface area contributed by atoms with Gasteiger partial charge in [0, 0.05) is 6.04 Å². The van der Waals surface area contributed by atoms with Gasteiger partial charge in [-0.2, -0.15) is 0 Å². The molecule has 0 radical (unpaired) electrons. The molecule has 1 atom stereocenters. The van der Waals surface area contributed by atoms with Crippen molar-refractivity contribution in [2.24, 2.45) is 0 Å². The Labute approximate surface area is 110 Å². The van der Waals surface area contributed by atoms with E-state index in [2.05, 4.69) is 19.2 Å². The van der Waals surface area contributed by atoms with Crippen molar-refractivity contribution in [2.75, 3.05) is 6.61 Å². The molecule has 0 spiro atoms. The molecule has 0 unspecified atom stereocenters. The number of carbonyl (C=O) groups excluding carboxylic acids is 1. The molecule has 18 heavy (non-hydrogen) atoms. The molecule has 1 rings (SSSR count). The van der Waals surface area contributed by atoms with Gasteiger partial charge in [-0.05, 0) is 37.0 Å². The zero-order valence-electron chi connectivity index (χ0n) is 11.7. The first-order valence-corrected chi connectivity index (χ1v) is 6.55. The van der Waals surface area contributed by atoms with Crippen molar-refractivity contribution in [3.05, 3.63) is 29.8 Å². The molecule has 0 aliphatic carbocycles. The summed E-state index contributed by atoms with van der Waals surface area (Å²) in [6.45, 7) is 8.39. The third kappa shape index (κ3) is 4.78. The molecule has 0 aliphatic rings. The van der Waals surface area contributed by atoms with E-state index in [1.54, 1.807) is 0 Å². The molecule has 0 fully saturated rings. The van der Waals surface area contributed by atoms with Gasteiger partial charge in [0.25, 0.3) is 5.91 Å². The smallest absolute Gasteiger partial charge is 0.258 e. The lowest BCUT2D eigenvalue weighted by atomic mass is 10.0. The number of hydrogen-bond acceptors (Lipinski definition) is 2. The van der Waals surface area contributed by atoms with Crippen LogP contribution in [0.25, 0.3) is 0 Å². The lowest BCUT2D eigenvalue weighted by Gasteiger charge is -2.12. The van der Waals surface area contributed by atoms with Crippen LogP contribution >= 0.6 is 0 Å². The predicted octanol–water partition coefficient (Wildman–Crippen LogP) is 3.10. The van der Waals surface area contributed by atoms with Gasteiger partial charge in [0.1, 0.15) is 5.75 Å². The predicted molar refractivity (Wildman–Crippen MR) is 73.9 cm³/mol. The molecular formula is C15H23NO2. The number of amides is 1. The molecular weight excluding hydrogens is 226 g/mol. The van der Waals surface area contributed by atoms with E-state index in [0.29, 0.717) is 5.92 Å². The second kappa shape index (κ2) is 7.04. The van der Waals surface area contributed by atoms with Crippen molar-refractivity contribution in [1.82, 2.24) is 5.32 Å². The van der Waals surface area contributed by atoms with Gasteiger partial charge in [-0.3, -0.25) is 4.79 Å². The third-order valence-corrected chi connectivity index (χ3v) is 2.94. The summed E-state index contributed by atoms with van der Waals surface area (Å²) in [7, 11) is 0. The topological polar surface area (TPSA) is 38.3 Å². The minimum atomic E-state index is -0.0720. The van der Waals surface area contributed by atoms with Crippen molar-refractivity contribution in [3.63, 3.8) is 0 Å². The second-order valence-electron chi connectivity index (χ2n) is 4.89. The lowest BCUT2D eigenvalue weighted by molar-refractivity contribution is -0.123. The number of hydrogen-bond donors (Lipinski definition) is 1. The third-order valence-electron chi connectivity index (χ3n) is 2.94. The van der Waals surface area contributed by atoms with Crippen LogP contribution in [0, 0.1) is 0 Å². The summed E-state index contributed by atoms with van der Waals surface area (Å²) in [5.74, 6) is 1.17. The molecule has 1 aromatic carbocycles. The van der Waals surface area contributed by atoms with Crippen LogP contribution in [0.15, 0.2) is 24.3 Å². The summed E-state index contributed by atoms with van der Waals surface area (Å²) in [5, 5.41) is 2.87. The van der Waals surface area contributed by atoms with Crippen molar-refractivity contribution >= 4 is 5.91 Å². The quantitative estimate of drug-likeness (QED) is 0.841. The molecule has 0 heterocycles. The fourth-order valence-corrected chi connectivity index (χ4v) is 1.52. The van der Waals surface area contributed by atoms with Crippen LogP contribution in [0.5, 0.6) is 5.75 Å². The Balaban J connectivity index is 2.41. The monoisotopic (exact) mass is 249 g/mol. The summed E-state index contributed by atoms with van der Waals surface area (Å²) in [5.41, 5.74) is 1.27. The molecule has 0 bridgehead atoms. The van der Waals surface area contributed by atoms with Crippen molar-refractivity contribution in [3.8, 4) is 5.75 Å². The van der Waals surface area contributed by atoms with Crippen LogP contribution in [0.3, 0.4) is 0 Å². The van der Waals surface area contributed by atoms with E-state index >= 15 is 0 Å². The molecule has 0 saturated heterocycles. The van der Waals surface area contributed by atoms with E-state index in [1.807, 2.05) is 38.1 Å². The first-order chi connectivity index (χ1) is 8.52. The minimum Gasteiger partial charge on any atom is -0.484 e. The van der Waals surface area contributed by atoms with E-state index < -0.39 is 0 Å². The highest BCUT2D eigenvalue weighted by molar-refractivity contribution is 5.77. The van der Waals surface area contributed by atoms with Gasteiger partial charge in [0.05, 0.1) is 0 Å². The average Bonchev–Trinajstić information content (AvgIpc) is 2.36. The van der Waals surface area contributed by atoms with Gasteiger partial charge < -0.3 is 10.1 Å². The van der Waals surface area contributed by atoms with E-state index in [1.165, 1.54) is 5.56 Å². The summed E-state index contributed by atoms with van der Waals surface area (Å²) >= 11 is 0. The van der Waals surface area contributed by atoms with Gasteiger partial charge in [-0.15, -0.1) is 0 Å². The van der Waals surface area contributed by atoms with Crippen LogP contribution < -0.4 is 10.1 Å². The number of benzene rings is 1. The normalized spacial score (nSPS) is 12.3. The van der Waals surface area contributed by atoms with Crippen LogP contribution in [0.2, 0.25) is 0 Å². The second-order valence-corrected chi connectivity index (χ2v) is 4.89. The first kappa shape index (κ1) is 14.6. The Hall–Kier alpha value is -1.51. The van der Waals surface area contributed by atoms with E-state index in [9.17, 15) is 4.79 Å². The van der Waals surface area contributed by atoms with Crippen LogP contribution in [-0.2, 0) is 4.79 Å². The summed E-state index contributed by atoms with van der Waals surface area (Å²) in [4.78, 5) is 11.5. The van der Waals surface area contributed by atoms with Crippen LogP contribution in [0.4, 0.5) is 0 Å². The Morgan fingerprint density at radius 3 is 2.33 bits per heavy atom. The van der Waals surface area contributed by atoms with E-state index in [4.69, 9.17) is 4.74 Å². The fraction of sp³-hybridized carbons (Fsp3) is 0.533. The van der Waals surface area contributed by atoms with Crippen molar-refractivity contribution < 1.29 is 9.53 Å². The molecule has 1 N–H and O–H groups in total. The zero-order chi connectivity index (χ0) is 13.5. The highest BCUT2D eigenvalue weighted by Gasteiger charge is 2.06. The van der Waals surface area contributed by atoms with Gasteiger partial charge in [-0.1, -0.05) is 32.9 Å². The maximum atomic E-state index is 11.5. The molecule has 3 heteroatoms. The standard InChI is InChI=1S/C15H23NO2/c1-5-12(4)16-15(17)10-18-14-8-6-13(7-9-14)11(2)3/h6-9,11-12H,5,10H2,1-4H3,(H,16,17)/t12-/m1/s1. The number of ether oxygens (including phenoxy) is 1. The number of nitrogens with one attached hydrogen (secondary N) is 1. The molecule has 0 saturated carbocycles. The largest absolute Gasteiger partial charge is 0.484 e. The van der Waals surface area contributed by atoms with Crippen LogP contribution in [0.1, 0.15) is 45.6 Å². The Kier molecular flexibility index (Phi) is 5.69. The molecule has 1 aromatic rings. The minimum absolute atomic E-state index is 0.0720. The van der Waals surface area contributed by atoms with E-state index in [0.717, 1.165) is 12.2 Å². The SMILES string of the molecule is CC[C@@H](C)NC(=O)COc1ccc(C(C)C)cc1.